The lowest BCUT2D eigenvalue weighted by atomic mass is 9.91. The van der Waals surface area contributed by atoms with E-state index in [0.29, 0.717) is 12.3 Å². The predicted molar refractivity (Wildman–Crippen MR) is 103 cm³/mol. The summed E-state index contributed by atoms with van der Waals surface area (Å²) in [6, 6.07) is 29.8. The average molecular weight is 341 g/mol. The molecule has 1 heterocycles. The van der Waals surface area contributed by atoms with Gasteiger partial charge in [0, 0.05) is 17.8 Å². The van der Waals surface area contributed by atoms with Crippen molar-refractivity contribution in [1.82, 2.24) is 5.32 Å². The molecule has 0 aliphatic rings. The lowest BCUT2D eigenvalue weighted by Gasteiger charge is -2.18. The first-order valence-electron chi connectivity index (χ1n) is 8.68. The first-order valence-corrected chi connectivity index (χ1v) is 8.68. The molecular formula is C23H19NO2. The Hall–Kier alpha value is -3.33. The normalized spacial score (nSPS) is 11.0. The van der Waals surface area contributed by atoms with Crippen LogP contribution in [0, 0.1) is 0 Å². The van der Waals surface area contributed by atoms with Crippen LogP contribution in [0.4, 0.5) is 0 Å². The van der Waals surface area contributed by atoms with E-state index in [1.54, 1.807) is 6.07 Å². The Morgan fingerprint density at radius 3 is 2.00 bits per heavy atom. The fourth-order valence-corrected chi connectivity index (χ4v) is 3.17. The fourth-order valence-electron chi connectivity index (χ4n) is 3.17. The topological polar surface area (TPSA) is 42.2 Å². The van der Waals surface area contributed by atoms with Crippen LogP contribution in [0.5, 0.6) is 0 Å². The molecular weight excluding hydrogens is 322 g/mol. The molecule has 128 valence electrons. The Bertz CT molecular complexity index is 934. The minimum Gasteiger partial charge on any atom is -0.451 e. The molecule has 26 heavy (non-hydrogen) atoms. The summed E-state index contributed by atoms with van der Waals surface area (Å²) in [5, 5.41) is 3.96. The molecule has 0 fully saturated rings. The number of hydrogen-bond donors (Lipinski definition) is 1. The molecule has 0 radical (unpaired) electrons. The maximum atomic E-state index is 12.6. The summed E-state index contributed by atoms with van der Waals surface area (Å²) in [6.07, 6.45) is 0. The number of rotatable bonds is 5. The van der Waals surface area contributed by atoms with E-state index in [2.05, 4.69) is 29.6 Å². The van der Waals surface area contributed by atoms with Crippen LogP contribution in [-0.2, 0) is 0 Å². The van der Waals surface area contributed by atoms with Crippen LogP contribution in [0.25, 0.3) is 11.0 Å². The van der Waals surface area contributed by atoms with Gasteiger partial charge >= 0.3 is 0 Å². The molecule has 3 aromatic carbocycles. The SMILES string of the molecule is O=C(NCC(c1ccccc1)c1ccccc1)c1cc2ccccc2o1. The fraction of sp³-hybridized carbons (Fsp3) is 0.0870. The number of hydrogen-bond acceptors (Lipinski definition) is 2. The average Bonchev–Trinajstić information content (AvgIpc) is 3.14. The molecule has 4 rings (SSSR count). The van der Waals surface area contributed by atoms with E-state index in [9.17, 15) is 4.79 Å². The highest BCUT2D eigenvalue weighted by Gasteiger charge is 2.17. The number of benzene rings is 3. The molecule has 3 heteroatoms. The highest BCUT2D eigenvalue weighted by molar-refractivity contribution is 5.96. The number of amides is 1. The third-order valence-corrected chi connectivity index (χ3v) is 4.52. The summed E-state index contributed by atoms with van der Waals surface area (Å²) < 4.78 is 5.66. The largest absolute Gasteiger partial charge is 0.451 e. The van der Waals surface area contributed by atoms with Gasteiger partial charge in [-0.1, -0.05) is 78.9 Å². The minimum atomic E-state index is -0.196. The molecule has 4 aromatic rings. The Morgan fingerprint density at radius 1 is 0.808 bits per heavy atom. The third-order valence-electron chi connectivity index (χ3n) is 4.52. The summed E-state index contributed by atoms with van der Waals surface area (Å²) in [5.41, 5.74) is 3.06. The van der Waals surface area contributed by atoms with E-state index >= 15 is 0 Å². The zero-order valence-electron chi connectivity index (χ0n) is 14.3. The Labute approximate surface area is 152 Å². The van der Waals surface area contributed by atoms with E-state index in [4.69, 9.17) is 4.42 Å². The molecule has 0 aliphatic carbocycles. The molecule has 0 spiro atoms. The van der Waals surface area contributed by atoms with Gasteiger partial charge in [0.2, 0.25) is 0 Å². The van der Waals surface area contributed by atoms with Gasteiger partial charge in [-0.15, -0.1) is 0 Å². The van der Waals surface area contributed by atoms with Crippen molar-refractivity contribution in [2.24, 2.45) is 0 Å². The maximum absolute atomic E-state index is 12.6. The highest BCUT2D eigenvalue weighted by Crippen LogP contribution is 2.24. The van der Waals surface area contributed by atoms with Crippen molar-refractivity contribution in [2.75, 3.05) is 6.54 Å². The first kappa shape index (κ1) is 16.2. The standard InChI is InChI=1S/C23H19NO2/c25-23(22-15-19-13-7-8-14-21(19)26-22)24-16-20(17-9-3-1-4-10-17)18-11-5-2-6-12-18/h1-15,20H,16H2,(H,24,25). The number of carbonyl (C=O) groups excluding carboxylic acids is 1. The summed E-state index contributed by atoms with van der Waals surface area (Å²) in [4.78, 5) is 12.6. The first-order chi connectivity index (χ1) is 12.8. The highest BCUT2D eigenvalue weighted by atomic mass is 16.3. The molecule has 0 unspecified atom stereocenters. The minimum absolute atomic E-state index is 0.0886. The third kappa shape index (κ3) is 3.38. The zero-order valence-corrected chi connectivity index (χ0v) is 14.3. The van der Waals surface area contributed by atoms with E-state index in [1.165, 1.54) is 11.1 Å². The quantitative estimate of drug-likeness (QED) is 0.555. The van der Waals surface area contributed by atoms with Crippen molar-refractivity contribution in [3.8, 4) is 0 Å². The second kappa shape index (κ2) is 7.28. The monoisotopic (exact) mass is 341 g/mol. The molecule has 0 bridgehead atoms. The number of para-hydroxylation sites is 1. The van der Waals surface area contributed by atoms with Gasteiger partial charge in [0.25, 0.3) is 5.91 Å². The Balaban J connectivity index is 1.55. The summed E-state index contributed by atoms with van der Waals surface area (Å²) in [7, 11) is 0. The lowest BCUT2D eigenvalue weighted by Crippen LogP contribution is -2.28. The van der Waals surface area contributed by atoms with Gasteiger partial charge in [0.15, 0.2) is 5.76 Å². The lowest BCUT2D eigenvalue weighted by molar-refractivity contribution is 0.0927. The van der Waals surface area contributed by atoms with Crippen LogP contribution in [0.15, 0.2) is 95.4 Å². The van der Waals surface area contributed by atoms with Crippen LogP contribution in [0.2, 0.25) is 0 Å². The van der Waals surface area contributed by atoms with Crippen molar-refractivity contribution >= 4 is 16.9 Å². The maximum Gasteiger partial charge on any atom is 0.287 e. The number of furan rings is 1. The molecule has 1 amide bonds. The van der Waals surface area contributed by atoms with Crippen molar-refractivity contribution in [3.63, 3.8) is 0 Å². The molecule has 3 nitrogen and oxygen atoms in total. The van der Waals surface area contributed by atoms with Gasteiger partial charge in [0.05, 0.1) is 0 Å². The number of fused-ring (bicyclic) bond motifs is 1. The van der Waals surface area contributed by atoms with Crippen molar-refractivity contribution in [3.05, 3.63) is 108 Å². The van der Waals surface area contributed by atoms with Gasteiger partial charge in [0.1, 0.15) is 5.58 Å². The van der Waals surface area contributed by atoms with E-state index in [1.807, 2.05) is 60.7 Å². The molecule has 0 saturated heterocycles. The molecule has 0 atom stereocenters. The predicted octanol–water partition coefficient (Wildman–Crippen LogP) is 4.99. The van der Waals surface area contributed by atoms with Crippen LogP contribution >= 0.6 is 0 Å². The molecule has 1 N–H and O–H groups in total. The van der Waals surface area contributed by atoms with Crippen molar-refractivity contribution in [1.29, 1.82) is 0 Å². The van der Waals surface area contributed by atoms with Crippen LogP contribution in [-0.4, -0.2) is 12.5 Å². The molecule has 0 aliphatic heterocycles. The number of carbonyl (C=O) groups is 1. The summed E-state index contributed by atoms with van der Waals surface area (Å²) in [6.45, 7) is 0.504. The van der Waals surface area contributed by atoms with E-state index in [-0.39, 0.29) is 11.8 Å². The van der Waals surface area contributed by atoms with Gasteiger partial charge in [-0.05, 0) is 23.3 Å². The van der Waals surface area contributed by atoms with Crippen LogP contribution in [0.3, 0.4) is 0 Å². The zero-order chi connectivity index (χ0) is 17.8. The van der Waals surface area contributed by atoms with E-state index in [0.717, 1.165) is 11.0 Å². The van der Waals surface area contributed by atoms with Crippen molar-refractivity contribution in [2.45, 2.75) is 5.92 Å². The number of nitrogens with one attached hydrogen (secondary N) is 1. The van der Waals surface area contributed by atoms with Gasteiger partial charge in [-0.3, -0.25) is 4.79 Å². The second-order valence-electron chi connectivity index (χ2n) is 6.23. The van der Waals surface area contributed by atoms with Crippen molar-refractivity contribution < 1.29 is 9.21 Å². The molecule has 1 aromatic heterocycles. The second-order valence-corrected chi connectivity index (χ2v) is 6.23. The molecule has 0 saturated carbocycles. The Kier molecular flexibility index (Phi) is 4.52. The Morgan fingerprint density at radius 2 is 1.38 bits per heavy atom. The van der Waals surface area contributed by atoms with Gasteiger partial charge in [-0.25, -0.2) is 0 Å². The smallest absolute Gasteiger partial charge is 0.287 e. The summed E-state index contributed by atoms with van der Waals surface area (Å²) >= 11 is 0. The van der Waals surface area contributed by atoms with Crippen LogP contribution < -0.4 is 5.32 Å². The van der Waals surface area contributed by atoms with Gasteiger partial charge < -0.3 is 9.73 Å². The van der Waals surface area contributed by atoms with E-state index < -0.39 is 0 Å². The van der Waals surface area contributed by atoms with Gasteiger partial charge in [-0.2, -0.15) is 0 Å². The van der Waals surface area contributed by atoms with Crippen LogP contribution in [0.1, 0.15) is 27.6 Å². The summed E-state index contributed by atoms with van der Waals surface area (Å²) in [5.74, 6) is 0.231.